The van der Waals surface area contributed by atoms with Crippen molar-refractivity contribution in [3.8, 4) is 11.5 Å². The lowest BCUT2D eigenvalue weighted by Gasteiger charge is -2.14. The predicted molar refractivity (Wildman–Crippen MR) is 138 cm³/mol. The molecular formula is C27H20Cl2N2O4. The Labute approximate surface area is 212 Å². The number of amides is 1. The zero-order chi connectivity index (χ0) is 24.8. The summed E-state index contributed by atoms with van der Waals surface area (Å²) in [7, 11) is 0. The molecule has 0 heterocycles. The van der Waals surface area contributed by atoms with Gasteiger partial charge in [-0.25, -0.2) is 10.2 Å². The SMILES string of the molecule is C[C@@H](Oc1ccc(Cl)cc1Cl)C(=O)N/N=C\c1ccc(OC(=O)c2cccc3ccccc23)cc1. The molecule has 0 bridgehead atoms. The van der Waals surface area contributed by atoms with Gasteiger partial charge in [-0.1, -0.05) is 59.6 Å². The van der Waals surface area contributed by atoms with E-state index in [0.29, 0.717) is 32.7 Å². The van der Waals surface area contributed by atoms with Crippen LogP contribution in [0.3, 0.4) is 0 Å². The second-order valence-corrected chi connectivity index (χ2v) is 8.40. The Balaban J connectivity index is 1.32. The number of ether oxygens (including phenoxy) is 2. The second kappa shape index (κ2) is 11.0. The predicted octanol–water partition coefficient (Wildman–Crippen LogP) is 6.28. The van der Waals surface area contributed by atoms with Gasteiger partial charge in [-0.15, -0.1) is 0 Å². The number of esters is 1. The first-order chi connectivity index (χ1) is 16.9. The number of hydrogen-bond acceptors (Lipinski definition) is 5. The van der Waals surface area contributed by atoms with Crippen LogP contribution in [0.15, 0.2) is 90.0 Å². The molecule has 4 aromatic rings. The Hall–Kier alpha value is -3.87. The smallest absolute Gasteiger partial charge is 0.344 e. The van der Waals surface area contributed by atoms with Crippen LogP contribution in [0, 0.1) is 0 Å². The molecule has 176 valence electrons. The van der Waals surface area contributed by atoms with Gasteiger partial charge in [-0.3, -0.25) is 4.79 Å². The number of carbonyl (C=O) groups excluding carboxylic acids is 2. The zero-order valence-electron chi connectivity index (χ0n) is 18.6. The van der Waals surface area contributed by atoms with Crippen LogP contribution in [0.25, 0.3) is 10.8 Å². The van der Waals surface area contributed by atoms with E-state index in [1.165, 1.54) is 12.3 Å². The van der Waals surface area contributed by atoms with Gasteiger partial charge in [0.1, 0.15) is 11.5 Å². The lowest BCUT2D eigenvalue weighted by molar-refractivity contribution is -0.127. The number of carbonyl (C=O) groups is 2. The number of halogens is 2. The van der Waals surface area contributed by atoms with E-state index in [9.17, 15) is 9.59 Å². The van der Waals surface area contributed by atoms with Crippen LogP contribution in [0.1, 0.15) is 22.8 Å². The molecule has 0 aliphatic carbocycles. The van der Waals surface area contributed by atoms with Gasteiger partial charge in [0.15, 0.2) is 6.10 Å². The molecule has 1 amide bonds. The van der Waals surface area contributed by atoms with Gasteiger partial charge >= 0.3 is 5.97 Å². The van der Waals surface area contributed by atoms with Crippen molar-refractivity contribution < 1.29 is 19.1 Å². The second-order valence-electron chi connectivity index (χ2n) is 7.55. The molecule has 0 aliphatic rings. The van der Waals surface area contributed by atoms with E-state index in [-0.39, 0.29) is 0 Å². The van der Waals surface area contributed by atoms with E-state index >= 15 is 0 Å². The quantitative estimate of drug-likeness (QED) is 0.138. The average molecular weight is 507 g/mol. The van der Waals surface area contributed by atoms with Crippen LogP contribution in [0.2, 0.25) is 10.0 Å². The first kappa shape index (κ1) is 24.3. The molecule has 1 N–H and O–H groups in total. The van der Waals surface area contributed by atoms with Crippen LogP contribution >= 0.6 is 23.2 Å². The summed E-state index contributed by atoms with van der Waals surface area (Å²) in [4.78, 5) is 24.9. The minimum Gasteiger partial charge on any atom is -0.479 e. The van der Waals surface area contributed by atoms with Gasteiger partial charge in [-0.2, -0.15) is 5.10 Å². The van der Waals surface area contributed by atoms with E-state index < -0.39 is 18.0 Å². The van der Waals surface area contributed by atoms with E-state index in [0.717, 1.165) is 10.8 Å². The molecule has 0 saturated carbocycles. The molecule has 0 radical (unpaired) electrons. The molecule has 0 aromatic heterocycles. The molecule has 0 unspecified atom stereocenters. The molecule has 0 spiro atoms. The minimum absolute atomic E-state index is 0.307. The first-order valence-corrected chi connectivity index (χ1v) is 11.4. The molecule has 4 rings (SSSR count). The summed E-state index contributed by atoms with van der Waals surface area (Å²) in [6.45, 7) is 1.58. The van der Waals surface area contributed by atoms with Gasteiger partial charge in [0.05, 0.1) is 16.8 Å². The zero-order valence-corrected chi connectivity index (χ0v) is 20.1. The highest BCUT2D eigenvalue weighted by Gasteiger charge is 2.16. The summed E-state index contributed by atoms with van der Waals surface area (Å²) in [5.74, 6) is -0.152. The van der Waals surface area contributed by atoms with E-state index in [1.807, 2.05) is 36.4 Å². The molecule has 35 heavy (non-hydrogen) atoms. The van der Waals surface area contributed by atoms with Crippen molar-refractivity contribution in [3.63, 3.8) is 0 Å². The third kappa shape index (κ3) is 6.18. The van der Waals surface area contributed by atoms with E-state index in [4.69, 9.17) is 32.7 Å². The maximum atomic E-state index is 12.7. The van der Waals surface area contributed by atoms with Crippen LogP contribution < -0.4 is 14.9 Å². The first-order valence-electron chi connectivity index (χ1n) is 10.7. The molecule has 0 saturated heterocycles. The third-order valence-electron chi connectivity index (χ3n) is 5.06. The Morgan fingerprint density at radius 3 is 2.46 bits per heavy atom. The highest BCUT2D eigenvalue weighted by molar-refractivity contribution is 6.35. The van der Waals surface area contributed by atoms with Crippen LogP contribution in [0.5, 0.6) is 11.5 Å². The topological polar surface area (TPSA) is 77.0 Å². The Morgan fingerprint density at radius 1 is 0.943 bits per heavy atom. The van der Waals surface area contributed by atoms with Crippen molar-refractivity contribution in [2.75, 3.05) is 0 Å². The lowest BCUT2D eigenvalue weighted by atomic mass is 10.0. The number of nitrogens with one attached hydrogen (secondary N) is 1. The van der Waals surface area contributed by atoms with Crippen LogP contribution in [0.4, 0.5) is 0 Å². The van der Waals surface area contributed by atoms with Crippen molar-refractivity contribution in [1.82, 2.24) is 5.43 Å². The van der Waals surface area contributed by atoms with Crippen molar-refractivity contribution in [3.05, 3.63) is 106 Å². The van der Waals surface area contributed by atoms with E-state index in [2.05, 4.69) is 10.5 Å². The number of benzene rings is 4. The van der Waals surface area contributed by atoms with Crippen LogP contribution in [-0.4, -0.2) is 24.2 Å². The number of rotatable bonds is 7. The van der Waals surface area contributed by atoms with Gasteiger partial charge < -0.3 is 9.47 Å². The Kier molecular flexibility index (Phi) is 7.65. The number of fused-ring (bicyclic) bond motifs is 1. The molecular weight excluding hydrogens is 487 g/mol. The fourth-order valence-corrected chi connectivity index (χ4v) is 3.72. The molecule has 1 atom stereocenters. The molecule has 0 aliphatic heterocycles. The molecule has 0 fully saturated rings. The molecule has 6 nitrogen and oxygen atoms in total. The third-order valence-corrected chi connectivity index (χ3v) is 5.59. The van der Waals surface area contributed by atoms with Gasteiger partial charge in [-0.05, 0) is 71.8 Å². The van der Waals surface area contributed by atoms with Crippen molar-refractivity contribution in [1.29, 1.82) is 0 Å². The van der Waals surface area contributed by atoms with Gasteiger partial charge in [0, 0.05) is 5.02 Å². The summed E-state index contributed by atoms with van der Waals surface area (Å²) < 4.78 is 11.1. The standard InChI is InChI=1S/C27H20Cl2N2O4/c1-17(34-25-14-11-20(28)15-24(25)29)26(32)31-30-16-18-9-12-21(13-10-18)35-27(33)23-8-4-6-19-5-2-3-7-22(19)23/h2-17H,1H3,(H,31,32)/b30-16-/t17-/m1/s1. The summed E-state index contributed by atoms with van der Waals surface area (Å²) in [5.41, 5.74) is 3.61. The summed E-state index contributed by atoms with van der Waals surface area (Å²) >= 11 is 11.9. The fraction of sp³-hybridized carbons (Fsp3) is 0.0741. The maximum absolute atomic E-state index is 12.7. The lowest BCUT2D eigenvalue weighted by Crippen LogP contribution is -2.33. The van der Waals surface area contributed by atoms with Gasteiger partial charge in [0.25, 0.3) is 5.91 Å². The van der Waals surface area contributed by atoms with Gasteiger partial charge in [0.2, 0.25) is 0 Å². The van der Waals surface area contributed by atoms with E-state index in [1.54, 1.807) is 49.4 Å². The molecule has 4 aromatic carbocycles. The van der Waals surface area contributed by atoms with Crippen molar-refractivity contribution in [2.45, 2.75) is 13.0 Å². The van der Waals surface area contributed by atoms with Crippen molar-refractivity contribution in [2.24, 2.45) is 5.10 Å². The number of hydrazone groups is 1. The van der Waals surface area contributed by atoms with Crippen LogP contribution in [-0.2, 0) is 4.79 Å². The Morgan fingerprint density at radius 2 is 1.69 bits per heavy atom. The summed E-state index contributed by atoms with van der Waals surface area (Å²) in [6.07, 6.45) is 0.637. The highest BCUT2D eigenvalue weighted by atomic mass is 35.5. The fourth-order valence-electron chi connectivity index (χ4n) is 3.26. The maximum Gasteiger partial charge on any atom is 0.344 e. The number of nitrogens with zero attached hydrogens (tertiary/aromatic N) is 1. The molecule has 8 heteroatoms. The average Bonchev–Trinajstić information content (AvgIpc) is 2.86. The monoisotopic (exact) mass is 506 g/mol. The minimum atomic E-state index is -0.832. The normalized spacial score (nSPS) is 11.9. The summed E-state index contributed by atoms with van der Waals surface area (Å²) in [6, 6.07) is 24.6. The number of hydrogen-bond donors (Lipinski definition) is 1. The Bertz CT molecular complexity index is 1400. The highest BCUT2D eigenvalue weighted by Crippen LogP contribution is 2.28. The summed E-state index contributed by atoms with van der Waals surface area (Å²) in [5, 5.41) is 6.52. The van der Waals surface area contributed by atoms with Crippen molar-refractivity contribution >= 4 is 52.1 Å². The largest absolute Gasteiger partial charge is 0.479 e.